The lowest BCUT2D eigenvalue weighted by Crippen LogP contribution is -2.17. The lowest BCUT2D eigenvalue weighted by atomic mass is 9.98. The summed E-state index contributed by atoms with van der Waals surface area (Å²) in [7, 11) is 0. The molecule has 0 bridgehead atoms. The van der Waals surface area contributed by atoms with Crippen LogP contribution in [0, 0.1) is 0 Å². The van der Waals surface area contributed by atoms with Gasteiger partial charge in [0, 0.05) is 11.8 Å². The topological polar surface area (TPSA) is 73.8 Å². The number of nitrogens with zero attached hydrogens (tertiary/aromatic N) is 3. The molecule has 3 aromatic rings. The van der Waals surface area contributed by atoms with Gasteiger partial charge in [0.25, 0.3) is 5.91 Å². The molecule has 3 rings (SSSR count). The molecule has 2 aromatic heterocycles. The van der Waals surface area contributed by atoms with Crippen LogP contribution in [0.25, 0.3) is 10.4 Å². The van der Waals surface area contributed by atoms with Crippen LogP contribution in [0.4, 0.5) is 26.3 Å². The third-order valence-electron chi connectivity index (χ3n) is 4.23. The van der Waals surface area contributed by atoms with Crippen molar-refractivity contribution in [2.45, 2.75) is 25.3 Å². The fourth-order valence-electron chi connectivity index (χ4n) is 2.81. The van der Waals surface area contributed by atoms with Gasteiger partial charge >= 0.3 is 12.4 Å². The lowest BCUT2D eigenvalue weighted by Gasteiger charge is -2.20. The van der Waals surface area contributed by atoms with Crippen molar-refractivity contribution in [2.75, 3.05) is 0 Å². The molecule has 1 aromatic carbocycles. The van der Waals surface area contributed by atoms with Crippen LogP contribution < -0.4 is 5.73 Å². The van der Waals surface area contributed by atoms with Gasteiger partial charge in [0.15, 0.2) is 3.92 Å². The van der Waals surface area contributed by atoms with Crippen LogP contribution >= 0.6 is 27.3 Å². The van der Waals surface area contributed by atoms with Gasteiger partial charge in [-0.15, -0.1) is 11.3 Å². The summed E-state index contributed by atoms with van der Waals surface area (Å²) >= 11 is 4.21. The molecule has 0 aliphatic carbocycles. The van der Waals surface area contributed by atoms with Crippen molar-refractivity contribution < 1.29 is 31.1 Å². The number of amides is 1. The Morgan fingerprint density at radius 1 is 1.20 bits per heavy atom. The highest BCUT2D eigenvalue weighted by Gasteiger charge is 2.39. The van der Waals surface area contributed by atoms with Gasteiger partial charge < -0.3 is 5.73 Å². The quantitative estimate of drug-likeness (QED) is 0.468. The maximum atomic E-state index is 13.4. The van der Waals surface area contributed by atoms with E-state index < -0.39 is 35.4 Å². The fourth-order valence-corrected chi connectivity index (χ4v) is 4.24. The van der Waals surface area contributed by atoms with Gasteiger partial charge in [-0.25, -0.2) is 4.98 Å². The summed E-state index contributed by atoms with van der Waals surface area (Å²) in [6.07, 6.45) is -7.23. The van der Waals surface area contributed by atoms with E-state index in [0.717, 1.165) is 22.1 Å². The number of aromatic nitrogens is 3. The molecule has 0 fully saturated rings. The molecule has 0 aliphatic heterocycles. The number of hydrogen-bond acceptors (Lipinski definition) is 4. The second-order valence-corrected chi connectivity index (χ2v) is 8.47. The molecule has 2 heterocycles. The zero-order chi connectivity index (χ0) is 22.4. The van der Waals surface area contributed by atoms with Crippen LogP contribution in [-0.4, -0.2) is 20.7 Å². The van der Waals surface area contributed by atoms with E-state index in [4.69, 9.17) is 5.73 Å². The first-order valence-electron chi connectivity index (χ1n) is 8.08. The molecule has 0 spiro atoms. The van der Waals surface area contributed by atoms with E-state index in [-0.39, 0.29) is 17.3 Å². The molecule has 0 radical (unpaired) electrons. The summed E-state index contributed by atoms with van der Waals surface area (Å²) in [5.41, 5.74) is 2.44. The first-order valence-corrected chi connectivity index (χ1v) is 9.69. The van der Waals surface area contributed by atoms with Crippen molar-refractivity contribution >= 4 is 33.2 Å². The molecule has 160 valence electrons. The van der Waals surface area contributed by atoms with Gasteiger partial charge in [-0.1, -0.05) is 6.07 Å². The number of halogens is 7. The summed E-state index contributed by atoms with van der Waals surface area (Å²) in [5, 5.41) is 4.01. The maximum absolute atomic E-state index is 13.4. The van der Waals surface area contributed by atoms with Crippen LogP contribution in [0.5, 0.6) is 0 Å². The Balaban J connectivity index is 2.05. The number of carbonyl (C=O) groups excluding carboxylic acids is 1. The highest BCUT2D eigenvalue weighted by Crippen LogP contribution is 2.40. The molecule has 13 heteroatoms. The molecular formula is C17H11BrF6N4OS. The summed E-state index contributed by atoms with van der Waals surface area (Å²) < 4.78 is 80.5. The van der Waals surface area contributed by atoms with Gasteiger partial charge in [-0.3, -0.25) is 9.48 Å². The maximum Gasteiger partial charge on any atom is 0.416 e. The Kier molecular flexibility index (Phi) is 5.71. The number of benzene rings is 1. The number of primary amides is 1. The van der Waals surface area contributed by atoms with Gasteiger partial charge in [0.2, 0.25) is 0 Å². The number of rotatable bonds is 4. The highest BCUT2D eigenvalue weighted by atomic mass is 79.9. The number of alkyl halides is 6. The third kappa shape index (κ3) is 4.36. The SMILES string of the molecule is CC(c1ccc(C(F)(F)F)cc1C(F)(F)F)n1cc(-c2sc(Br)nc2C(N)=O)cn1. The van der Waals surface area contributed by atoms with Gasteiger partial charge in [0.05, 0.1) is 28.2 Å². The Bertz CT molecular complexity index is 1100. The summed E-state index contributed by atoms with van der Waals surface area (Å²) in [6.45, 7) is 1.37. The van der Waals surface area contributed by atoms with Crippen molar-refractivity contribution in [3.63, 3.8) is 0 Å². The average Bonchev–Trinajstić information content (AvgIpc) is 3.25. The van der Waals surface area contributed by atoms with Gasteiger partial charge in [-0.2, -0.15) is 31.4 Å². The summed E-state index contributed by atoms with van der Waals surface area (Å²) in [6, 6.07) is 0.417. The number of hydrogen-bond donors (Lipinski definition) is 1. The molecule has 0 saturated heterocycles. The molecule has 1 amide bonds. The molecule has 1 unspecified atom stereocenters. The van der Waals surface area contributed by atoms with Crippen LogP contribution in [0.3, 0.4) is 0 Å². The molecular weight excluding hydrogens is 502 g/mol. The first-order chi connectivity index (χ1) is 13.8. The molecule has 5 nitrogen and oxygen atoms in total. The highest BCUT2D eigenvalue weighted by molar-refractivity contribution is 9.11. The third-order valence-corrected chi connectivity index (χ3v) is 5.79. The average molecular weight is 513 g/mol. The van der Waals surface area contributed by atoms with Crippen molar-refractivity contribution in [2.24, 2.45) is 5.73 Å². The Labute approximate surface area is 177 Å². The zero-order valence-electron chi connectivity index (χ0n) is 14.8. The van der Waals surface area contributed by atoms with Crippen LogP contribution in [0.15, 0.2) is 34.5 Å². The Hall–Kier alpha value is -2.41. The number of nitrogens with two attached hydrogens (primary N) is 1. The van der Waals surface area contributed by atoms with Crippen LogP contribution in [-0.2, 0) is 12.4 Å². The molecule has 0 saturated carbocycles. The van der Waals surface area contributed by atoms with Crippen LogP contribution in [0.2, 0.25) is 0 Å². The van der Waals surface area contributed by atoms with E-state index in [1.807, 2.05) is 0 Å². The Morgan fingerprint density at radius 3 is 2.43 bits per heavy atom. The van der Waals surface area contributed by atoms with Crippen molar-refractivity contribution in [1.29, 1.82) is 0 Å². The van der Waals surface area contributed by atoms with E-state index >= 15 is 0 Å². The fraction of sp³-hybridized carbons (Fsp3) is 0.235. The van der Waals surface area contributed by atoms with Crippen molar-refractivity contribution in [1.82, 2.24) is 14.8 Å². The molecule has 1 atom stereocenters. The van der Waals surface area contributed by atoms with E-state index in [9.17, 15) is 31.1 Å². The van der Waals surface area contributed by atoms with Crippen molar-refractivity contribution in [3.05, 3.63) is 56.9 Å². The monoisotopic (exact) mass is 512 g/mol. The predicted molar refractivity (Wildman–Crippen MR) is 99.8 cm³/mol. The largest absolute Gasteiger partial charge is 0.416 e. The van der Waals surface area contributed by atoms with Crippen molar-refractivity contribution in [3.8, 4) is 10.4 Å². The van der Waals surface area contributed by atoms with E-state index in [1.165, 1.54) is 19.3 Å². The van der Waals surface area contributed by atoms with E-state index in [0.29, 0.717) is 20.4 Å². The Morgan fingerprint density at radius 2 is 1.87 bits per heavy atom. The lowest BCUT2D eigenvalue weighted by molar-refractivity contribution is -0.143. The standard InChI is InChI=1S/C17H11BrF6N4OS/c1-7(10-3-2-9(16(19,20)21)4-11(10)17(22,23)24)28-6-8(5-26-28)13-12(14(25)29)27-15(18)30-13/h2-7H,1H3,(H2,25,29). The number of thiazole rings is 1. The van der Waals surface area contributed by atoms with Gasteiger partial charge in [-0.05, 0) is 40.5 Å². The smallest absolute Gasteiger partial charge is 0.364 e. The normalized spacial score (nSPS) is 13.5. The second-order valence-electron chi connectivity index (χ2n) is 6.19. The predicted octanol–water partition coefficient (Wildman–Crippen LogP) is 5.51. The summed E-state index contributed by atoms with van der Waals surface area (Å²) in [5.74, 6) is -0.796. The molecule has 0 aliphatic rings. The zero-order valence-corrected chi connectivity index (χ0v) is 17.2. The minimum absolute atomic E-state index is 0.0374. The van der Waals surface area contributed by atoms with Crippen LogP contribution in [0.1, 0.15) is 40.1 Å². The van der Waals surface area contributed by atoms with Gasteiger partial charge in [0.1, 0.15) is 5.69 Å². The van der Waals surface area contributed by atoms with E-state index in [2.05, 4.69) is 26.0 Å². The molecule has 30 heavy (non-hydrogen) atoms. The van der Waals surface area contributed by atoms with E-state index in [1.54, 1.807) is 0 Å². The molecule has 2 N–H and O–H groups in total. The second kappa shape index (κ2) is 7.69. The first kappa shape index (κ1) is 22.3. The minimum Gasteiger partial charge on any atom is -0.364 e. The summed E-state index contributed by atoms with van der Waals surface area (Å²) in [4.78, 5) is 15.8. The minimum atomic E-state index is -5.00. The number of carbonyl (C=O) groups is 1.